The molecule has 2 nitrogen and oxygen atoms in total. The molecule has 0 saturated carbocycles. The third-order valence-electron chi connectivity index (χ3n) is 4.98. The largest absolute Gasteiger partial charge is 2.00 e. The monoisotopic (exact) mass is 486 g/mol. The van der Waals surface area contributed by atoms with Gasteiger partial charge in [-0.25, -0.2) is 0 Å². The molecule has 0 aromatic carbocycles. The topological polar surface area (TPSA) is 40.1 Å². The number of hydrogen-bond acceptors (Lipinski definition) is 2. The van der Waals surface area contributed by atoms with Gasteiger partial charge in [0.2, 0.25) is 0 Å². The van der Waals surface area contributed by atoms with E-state index in [1.165, 1.54) is 109 Å². The molecule has 0 unspecified atom stereocenters. The van der Waals surface area contributed by atoms with Crippen molar-refractivity contribution in [1.82, 2.24) is 0 Å². The van der Waals surface area contributed by atoms with Crippen LogP contribution in [0.1, 0.15) is 135 Å². The summed E-state index contributed by atoms with van der Waals surface area (Å²) >= 11 is 0. The molecule has 0 atom stereocenters. The number of unbranched alkanes of at least 4 members (excludes halogenated alkanes) is 18. The van der Waals surface area contributed by atoms with Crippen molar-refractivity contribution >= 4 is 43.7 Å². The molecule has 0 spiro atoms. The zero-order valence-corrected chi connectivity index (χ0v) is 21.2. The molecule has 26 heavy (non-hydrogen) atoms. The number of hydrogen-bond donors (Lipinski definition) is 0. The van der Waals surface area contributed by atoms with Crippen LogP contribution in [0.4, 0.5) is 0 Å². The number of aliphatic carboxylic acids is 1. The first-order valence-corrected chi connectivity index (χ1v) is 11.0. The minimum atomic E-state index is -0.901. The first-order valence-electron chi connectivity index (χ1n) is 11.0. The van der Waals surface area contributed by atoms with E-state index < -0.39 is 5.97 Å². The van der Waals surface area contributed by atoms with Crippen LogP contribution in [0.5, 0.6) is 0 Å². The predicted molar refractivity (Wildman–Crippen MR) is 109 cm³/mol. The Kier molecular flexibility index (Phi) is 35.5. The molecule has 0 heterocycles. The molecular weight excluding hydrogens is 444 g/mol. The fraction of sp³-hybridized carbons (Fsp3) is 0.955. The molecule has 154 valence electrons. The van der Waals surface area contributed by atoms with E-state index in [1.54, 1.807) is 0 Å². The fourth-order valence-corrected chi connectivity index (χ4v) is 3.35. The Hall–Kier alpha value is 1.47. The van der Waals surface area contributed by atoms with Gasteiger partial charge in [0, 0.05) is 5.97 Å². The minimum absolute atomic E-state index is 0. The predicted octanol–water partition coefficient (Wildman–Crippen LogP) is 6.17. The van der Waals surface area contributed by atoms with Gasteiger partial charge in [0.25, 0.3) is 0 Å². The van der Waals surface area contributed by atoms with E-state index in [9.17, 15) is 9.90 Å². The van der Waals surface area contributed by atoms with Crippen molar-refractivity contribution in [3.05, 3.63) is 0 Å². The molecule has 0 amide bonds. The number of carbonyl (C=O) groups is 1. The Labute approximate surface area is 209 Å². The average Bonchev–Trinajstić information content (AvgIpc) is 2.56. The van der Waals surface area contributed by atoms with Gasteiger partial charge in [-0.3, -0.25) is 0 Å². The summed E-state index contributed by atoms with van der Waals surface area (Å²) in [6, 6.07) is 0. The maximum absolute atomic E-state index is 10.3. The average molecular weight is 488 g/mol. The zero-order chi connectivity index (χ0) is 17.7. The summed E-state index contributed by atoms with van der Waals surface area (Å²) in [6.07, 6.45) is 25.7. The first-order chi connectivity index (χ1) is 11.8. The smallest absolute Gasteiger partial charge is 0.550 e. The quantitative estimate of drug-likeness (QED) is 0.152. The van der Waals surface area contributed by atoms with E-state index in [-0.39, 0.29) is 66.5 Å². The van der Waals surface area contributed by atoms with Gasteiger partial charge < -0.3 is 9.90 Å². The van der Waals surface area contributed by atoms with Gasteiger partial charge in [0.1, 0.15) is 0 Å². The van der Waals surface area contributed by atoms with Crippen molar-refractivity contribution in [2.45, 2.75) is 135 Å². The van der Waals surface area contributed by atoms with Crippen molar-refractivity contribution in [1.29, 1.82) is 0 Å². The van der Waals surface area contributed by atoms with Crippen LogP contribution in [0.2, 0.25) is 0 Å². The minimum Gasteiger partial charge on any atom is -0.550 e. The van der Waals surface area contributed by atoms with Crippen LogP contribution >= 0.6 is 0 Å². The van der Waals surface area contributed by atoms with Crippen LogP contribution in [0.3, 0.4) is 0 Å². The molecule has 0 fully saturated rings. The Morgan fingerprint density at radius 1 is 0.538 bits per heavy atom. The number of carbonyl (C=O) groups excluding carboxylic acids is 1. The van der Waals surface area contributed by atoms with Gasteiger partial charge in [-0.1, -0.05) is 122 Å². The van der Waals surface area contributed by atoms with Crippen LogP contribution in [-0.4, -0.2) is 43.7 Å². The number of carboxylic acid groups (broad SMARTS) is 1. The van der Waals surface area contributed by atoms with Crippen LogP contribution in [0, 0.1) is 0 Å². The second kappa shape index (κ2) is 28.7. The Morgan fingerprint density at radius 3 is 1.00 bits per heavy atom. The Balaban J connectivity index is -0.00000264. The van der Waals surface area contributed by atoms with Gasteiger partial charge in [-0.05, 0) is 12.8 Å². The Morgan fingerprint density at radius 2 is 0.769 bits per heavy atom. The van der Waals surface area contributed by atoms with Crippen LogP contribution < -0.4 is 5.11 Å². The molecule has 0 aliphatic carbocycles. The van der Waals surface area contributed by atoms with Gasteiger partial charge >= 0.3 is 60.1 Å². The Bertz CT molecular complexity index is 263. The van der Waals surface area contributed by atoms with Crippen LogP contribution in [-0.2, 0) is 27.2 Å². The summed E-state index contributed by atoms with van der Waals surface area (Å²) in [7, 11) is 0. The third kappa shape index (κ3) is 30.2. The second-order valence-electron chi connectivity index (χ2n) is 7.49. The molecular formula is C22H43AgCaO2+2. The van der Waals surface area contributed by atoms with E-state index in [0.717, 1.165) is 12.8 Å². The molecule has 0 radical (unpaired) electrons. The first kappa shape index (κ1) is 32.1. The maximum Gasteiger partial charge on any atom is 2.00 e. The van der Waals surface area contributed by atoms with Crippen molar-refractivity contribution in [2.24, 2.45) is 0 Å². The molecule has 0 N–H and O–H groups in total. The summed E-state index contributed by atoms with van der Waals surface area (Å²) in [6.45, 7) is 2.28. The van der Waals surface area contributed by atoms with Crippen molar-refractivity contribution in [2.75, 3.05) is 0 Å². The van der Waals surface area contributed by atoms with Crippen molar-refractivity contribution in [3.63, 3.8) is 0 Å². The van der Waals surface area contributed by atoms with E-state index in [4.69, 9.17) is 0 Å². The third-order valence-corrected chi connectivity index (χ3v) is 4.98. The molecule has 0 aliphatic heterocycles. The SMILES string of the molecule is CCCCCCCCCCCCCCCCCCCCCC(=O)[O-].[Ag+].[Ca+2]. The summed E-state index contributed by atoms with van der Waals surface area (Å²) < 4.78 is 0. The van der Waals surface area contributed by atoms with Crippen molar-refractivity contribution < 1.29 is 32.3 Å². The normalized spacial score (nSPS) is 10.2. The fourth-order valence-electron chi connectivity index (χ4n) is 3.35. The van der Waals surface area contributed by atoms with E-state index >= 15 is 0 Å². The zero-order valence-electron chi connectivity index (χ0n) is 17.5. The maximum atomic E-state index is 10.3. The van der Waals surface area contributed by atoms with Gasteiger partial charge in [-0.15, -0.1) is 0 Å². The summed E-state index contributed by atoms with van der Waals surface area (Å²) in [4.78, 5) is 10.3. The summed E-state index contributed by atoms with van der Waals surface area (Å²) in [5.41, 5.74) is 0. The van der Waals surface area contributed by atoms with E-state index in [0.29, 0.717) is 0 Å². The molecule has 0 aromatic rings. The molecule has 0 saturated heterocycles. The molecule has 0 bridgehead atoms. The molecule has 4 heteroatoms. The van der Waals surface area contributed by atoms with Gasteiger partial charge in [-0.2, -0.15) is 0 Å². The van der Waals surface area contributed by atoms with Gasteiger partial charge in [0.05, 0.1) is 0 Å². The molecule has 0 aromatic heterocycles. The number of rotatable bonds is 20. The summed E-state index contributed by atoms with van der Waals surface area (Å²) in [5, 5.41) is 10.3. The molecule has 0 rings (SSSR count). The van der Waals surface area contributed by atoms with Crippen LogP contribution in [0.15, 0.2) is 0 Å². The van der Waals surface area contributed by atoms with Gasteiger partial charge in [0.15, 0.2) is 0 Å². The van der Waals surface area contributed by atoms with Crippen molar-refractivity contribution in [3.8, 4) is 0 Å². The van der Waals surface area contributed by atoms with Crippen LogP contribution in [0.25, 0.3) is 0 Å². The standard InChI is InChI=1S/C22H44O2.Ag.Ca/c1-2-3-4-5-6-7-8-9-10-11-12-13-14-15-16-17-18-19-20-21-22(23)24;;/h2-21H2,1H3,(H,23,24);;/q;+1;+2/p-1. The second-order valence-corrected chi connectivity index (χ2v) is 7.49. The molecule has 0 aliphatic rings. The number of carboxylic acids is 1. The van der Waals surface area contributed by atoms with E-state index in [1.807, 2.05) is 0 Å². The van der Waals surface area contributed by atoms with E-state index in [2.05, 4.69) is 6.92 Å². The summed E-state index contributed by atoms with van der Waals surface area (Å²) in [5.74, 6) is -0.901.